The maximum absolute atomic E-state index is 12.4. The summed E-state index contributed by atoms with van der Waals surface area (Å²) < 4.78 is 42.2. The zero-order valence-corrected chi connectivity index (χ0v) is 11.4. The number of nitrogens with zero attached hydrogens (tertiary/aromatic N) is 3. The summed E-state index contributed by atoms with van der Waals surface area (Å²) in [6, 6.07) is 1.81. The fraction of sp³-hybridized carbons (Fsp3) is 0.417. The monoisotopic (exact) mass is 317 g/mol. The summed E-state index contributed by atoms with van der Waals surface area (Å²) in [6.07, 6.45) is -4.44. The average Bonchev–Trinajstić information content (AvgIpc) is 3.08. The van der Waals surface area contributed by atoms with Crippen LogP contribution in [0.5, 0.6) is 0 Å². The average molecular weight is 317 g/mol. The minimum absolute atomic E-state index is 0.0403. The molecule has 2 aromatic rings. The van der Waals surface area contributed by atoms with Gasteiger partial charge in [-0.2, -0.15) is 29.5 Å². The van der Waals surface area contributed by atoms with Crippen molar-refractivity contribution >= 4 is 17.2 Å². The van der Waals surface area contributed by atoms with Gasteiger partial charge in [-0.25, -0.2) is 0 Å². The zero-order chi connectivity index (χ0) is 15.0. The first-order valence-corrected chi connectivity index (χ1v) is 7.07. The molecule has 0 aliphatic carbocycles. The summed E-state index contributed by atoms with van der Waals surface area (Å²) in [4.78, 5) is 16.6. The van der Waals surface area contributed by atoms with Gasteiger partial charge in [-0.15, -0.1) is 0 Å². The predicted octanol–water partition coefficient (Wildman–Crippen LogP) is 2.68. The maximum Gasteiger partial charge on any atom is 0.406 e. The van der Waals surface area contributed by atoms with E-state index in [2.05, 4.69) is 10.1 Å². The highest BCUT2D eigenvalue weighted by Crippen LogP contribution is 2.31. The van der Waals surface area contributed by atoms with Gasteiger partial charge < -0.3 is 9.42 Å². The van der Waals surface area contributed by atoms with E-state index in [-0.39, 0.29) is 18.9 Å². The Kier molecular flexibility index (Phi) is 3.44. The lowest BCUT2D eigenvalue weighted by atomic mass is 10.1. The Labute approximate surface area is 121 Å². The SMILES string of the molecule is O=C1C[C@H](c2nc(-c3ccsc3)no2)CN1CC(F)(F)F. The van der Waals surface area contributed by atoms with Gasteiger partial charge in [-0.05, 0) is 11.4 Å². The predicted molar refractivity (Wildman–Crippen MR) is 67.6 cm³/mol. The lowest BCUT2D eigenvalue weighted by molar-refractivity contribution is -0.157. The standard InChI is InChI=1S/C12H10F3N3O2S/c13-12(14,15)6-18-4-8(3-9(18)19)11-16-10(17-20-11)7-1-2-21-5-7/h1-2,5,8H,3-4,6H2/t8-/m0/s1. The molecule has 0 saturated carbocycles. The lowest BCUT2D eigenvalue weighted by Crippen LogP contribution is -2.35. The van der Waals surface area contributed by atoms with Crippen molar-refractivity contribution in [3.8, 4) is 11.4 Å². The maximum atomic E-state index is 12.4. The van der Waals surface area contributed by atoms with E-state index in [9.17, 15) is 18.0 Å². The number of amides is 1. The first kappa shape index (κ1) is 14.1. The third-order valence-corrected chi connectivity index (χ3v) is 3.84. The number of carbonyl (C=O) groups excluding carboxylic acids is 1. The highest BCUT2D eigenvalue weighted by atomic mass is 32.1. The molecule has 0 aromatic carbocycles. The third kappa shape index (κ3) is 3.07. The minimum Gasteiger partial charge on any atom is -0.339 e. The number of alkyl halides is 3. The Morgan fingerprint density at radius 2 is 2.29 bits per heavy atom. The zero-order valence-electron chi connectivity index (χ0n) is 10.6. The van der Waals surface area contributed by atoms with Crippen LogP contribution in [0.1, 0.15) is 18.2 Å². The molecule has 1 aliphatic rings. The molecular formula is C12H10F3N3O2S. The second-order valence-electron chi connectivity index (χ2n) is 4.76. The highest BCUT2D eigenvalue weighted by molar-refractivity contribution is 7.08. The third-order valence-electron chi connectivity index (χ3n) is 3.15. The Hall–Kier alpha value is -1.90. The van der Waals surface area contributed by atoms with Crippen molar-refractivity contribution in [2.45, 2.75) is 18.5 Å². The van der Waals surface area contributed by atoms with E-state index in [1.165, 1.54) is 11.3 Å². The van der Waals surface area contributed by atoms with E-state index in [1.54, 1.807) is 0 Å². The van der Waals surface area contributed by atoms with E-state index in [0.717, 1.165) is 10.5 Å². The van der Waals surface area contributed by atoms with Gasteiger partial charge in [0.15, 0.2) is 0 Å². The summed E-state index contributed by atoms with van der Waals surface area (Å²) in [5, 5.41) is 7.49. The number of thiophene rings is 1. The van der Waals surface area contributed by atoms with Crippen molar-refractivity contribution in [2.24, 2.45) is 0 Å². The largest absolute Gasteiger partial charge is 0.406 e. The Bertz CT molecular complexity index is 638. The number of halogens is 3. The molecule has 9 heteroatoms. The molecular weight excluding hydrogens is 307 g/mol. The Balaban J connectivity index is 1.73. The molecule has 2 aromatic heterocycles. The number of likely N-dealkylation sites (tertiary alicyclic amines) is 1. The van der Waals surface area contributed by atoms with Crippen LogP contribution in [-0.2, 0) is 4.79 Å². The van der Waals surface area contributed by atoms with Crippen LogP contribution in [0.3, 0.4) is 0 Å². The number of aromatic nitrogens is 2. The van der Waals surface area contributed by atoms with Crippen molar-refractivity contribution in [1.82, 2.24) is 15.0 Å². The van der Waals surface area contributed by atoms with Crippen molar-refractivity contribution < 1.29 is 22.5 Å². The van der Waals surface area contributed by atoms with Crippen LogP contribution < -0.4 is 0 Å². The molecule has 0 unspecified atom stereocenters. The van der Waals surface area contributed by atoms with Crippen molar-refractivity contribution in [1.29, 1.82) is 0 Å². The molecule has 1 amide bonds. The van der Waals surface area contributed by atoms with E-state index < -0.39 is 24.5 Å². The van der Waals surface area contributed by atoms with Crippen LogP contribution in [0.4, 0.5) is 13.2 Å². The summed E-state index contributed by atoms with van der Waals surface area (Å²) in [6.45, 7) is -1.29. The smallest absolute Gasteiger partial charge is 0.339 e. The van der Waals surface area contributed by atoms with Gasteiger partial charge in [0.2, 0.25) is 17.6 Å². The van der Waals surface area contributed by atoms with E-state index in [1.807, 2.05) is 16.8 Å². The fourth-order valence-corrected chi connectivity index (χ4v) is 2.85. The van der Waals surface area contributed by atoms with Gasteiger partial charge in [0.1, 0.15) is 6.54 Å². The molecule has 5 nitrogen and oxygen atoms in total. The molecule has 0 N–H and O–H groups in total. The van der Waals surface area contributed by atoms with E-state index in [4.69, 9.17) is 4.52 Å². The summed E-state index contributed by atoms with van der Waals surface area (Å²) in [5.41, 5.74) is 0.784. The van der Waals surface area contributed by atoms with Crippen molar-refractivity contribution in [3.63, 3.8) is 0 Å². The van der Waals surface area contributed by atoms with Crippen LogP contribution in [0.15, 0.2) is 21.3 Å². The van der Waals surface area contributed by atoms with Crippen molar-refractivity contribution in [3.05, 3.63) is 22.7 Å². The van der Waals surface area contributed by atoms with Crippen LogP contribution in [-0.4, -0.2) is 40.2 Å². The van der Waals surface area contributed by atoms with Gasteiger partial charge >= 0.3 is 6.18 Å². The minimum atomic E-state index is -4.40. The first-order chi connectivity index (χ1) is 9.92. The van der Waals surface area contributed by atoms with Crippen LogP contribution >= 0.6 is 11.3 Å². The molecule has 3 rings (SSSR count). The van der Waals surface area contributed by atoms with Gasteiger partial charge in [-0.3, -0.25) is 4.79 Å². The molecule has 21 heavy (non-hydrogen) atoms. The van der Waals surface area contributed by atoms with Gasteiger partial charge in [0.05, 0.1) is 5.92 Å². The summed E-state index contributed by atoms with van der Waals surface area (Å²) in [5.74, 6) is -0.450. The molecule has 3 heterocycles. The van der Waals surface area contributed by atoms with Gasteiger partial charge in [0, 0.05) is 23.9 Å². The first-order valence-electron chi connectivity index (χ1n) is 6.13. The molecule has 112 valence electrons. The normalized spacial score (nSPS) is 19.5. The van der Waals surface area contributed by atoms with Crippen molar-refractivity contribution in [2.75, 3.05) is 13.1 Å². The lowest BCUT2D eigenvalue weighted by Gasteiger charge is -2.17. The number of carbonyl (C=O) groups is 1. The van der Waals surface area contributed by atoms with Crippen LogP contribution in [0.25, 0.3) is 11.4 Å². The Morgan fingerprint density at radius 3 is 2.95 bits per heavy atom. The molecule has 1 saturated heterocycles. The van der Waals surface area contributed by atoms with Crippen LogP contribution in [0.2, 0.25) is 0 Å². The second-order valence-corrected chi connectivity index (χ2v) is 5.54. The summed E-state index contributed by atoms with van der Waals surface area (Å²) in [7, 11) is 0. The van der Waals surface area contributed by atoms with E-state index >= 15 is 0 Å². The topological polar surface area (TPSA) is 59.2 Å². The van der Waals surface area contributed by atoms with Gasteiger partial charge in [0.25, 0.3) is 0 Å². The van der Waals surface area contributed by atoms with E-state index in [0.29, 0.717) is 5.82 Å². The molecule has 1 aliphatic heterocycles. The highest BCUT2D eigenvalue weighted by Gasteiger charge is 2.40. The summed E-state index contributed by atoms with van der Waals surface area (Å²) >= 11 is 1.47. The molecule has 0 radical (unpaired) electrons. The Morgan fingerprint density at radius 1 is 1.48 bits per heavy atom. The number of rotatable bonds is 3. The molecule has 1 atom stereocenters. The number of hydrogen-bond acceptors (Lipinski definition) is 5. The number of hydrogen-bond donors (Lipinski definition) is 0. The van der Waals surface area contributed by atoms with Crippen LogP contribution in [0, 0.1) is 0 Å². The molecule has 0 spiro atoms. The fourth-order valence-electron chi connectivity index (χ4n) is 2.22. The molecule has 0 bridgehead atoms. The van der Waals surface area contributed by atoms with Gasteiger partial charge in [-0.1, -0.05) is 5.16 Å². The molecule has 1 fully saturated rings. The second kappa shape index (κ2) is 5.14. The quantitative estimate of drug-likeness (QED) is 0.873.